The fraction of sp³-hybridized carbons (Fsp3) is 1.00. The molecule has 0 radical (unpaired) electrons. The normalized spacial score (nSPS) is 10.8. The van der Waals surface area contributed by atoms with Gasteiger partial charge in [-0.3, -0.25) is 0 Å². The monoisotopic (exact) mass is 257 g/mol. The van der Waals surface area contributed by atoms with Crippen LogP contribution in [0, 0.1) is 0 Å². The van der Waals surface area contributed by atoms with E-state index >= 15 is 0 Å². The van der Waals surface area contributed by atoms with E-state index in [1.54, 1.807) is 0 Å². The third kappa shape index (κ3) is 3.19. The lowest BCUT2D eigenvalue weighted by Gasteiger charge is -2.34. The van der Waals surface area contributed by atoms with Crippen LogP contribution in [0.1, 0.15) is 27.7 Å². The molecule has 0 fully saturated rings. The lowest BCUT2D eigenvalue weighted by atomic mass is 10.3. The van der Waals surface area contributed by atoms with Crippen molar-refractivity contribution in [1.82, 2.24) is 0 Å². The maximum absolute atomic E-state index is 2.27. The van der Waals surface area contributed by atoms with Crippen molar-refractivity contribution in [1.29, 1.82) is 0 Å². The Labute approximate surface area is 82.4 Å². The second-order valence-electron chi connectivity index (χ2n) is 2.61. The first kappa shape index (κ1) is 13.3. The van der Waals surface area contributed by atoms with Gasteiger partial charge in [-0.2, -0.15) is 0 Å². The molecule has 0 rings (SSSR count). The SMILES string of the molecule is CC[N+](CC)(CC)CC.[I-]. The van der Waals surface area contributed by atoms with Crippen LogP contribution < -0.4 is 24.0 Å². The van der Waals surface area contributed by atoms with E-state index in [2.05, 4.69) is 27.7 Å². The minimum absolute atomic E-state index is 0. The third-order valence-corrected chi connectivity index (χ3v) is 2.68. The lowest BCUT2D eigenvalue weighted by Crippen LogP contribution is -3.00. The first-order chi connectivity index (χ1) is 4.24. The molecule has 0 aromatic rings. The number of nitrogens with zero attached hydrogens (tertiary/aromatic N) is 1. The van der Waals surface area contributed by atoms with Gasteiger partial charge < -0.3 is 28.5 Å². The second kappa shape index (κ2) is 6.40. The quantitative estimate of drug-likeness (QED) is 0.442. The Morgan fingerprint density at radius 1 is 0.700 bits per heavy atom. The summed E-state index contributed by atoms with van der Waals surface area (Å²) in [5.41, 5.74) is 0. The summed E-state index contributed by atoms with van der Waals surface area (Å²) in [6.07, 6.45) is 0. The Bertz CT molecular complexity index is 52.1. The Kier molecular flexibility index (Phi) is 8.51. The maximum Gasteiger partial charge on any atom is 0.0757 e. The maximum atomic E-state index is 2.27. The Hall–Kier alpha value is 0.690. The average molecular weight is 257 g/mol. The highest BCUT2D eigenvalue weighted by molar-refractivity contribution is 4.31. The van der Waals surface area contributed by atoms with Crippen molar-refractivity contribution in [2.75, 3.05) is 26.2 Å². The summed E-state index contributed by atoms with van der Waals surface area (Å²) in [6, 6.07) is 0. The summed E-state index contributed by atoms with van der Waals surface area (Å²) in [7, 11) is 0. The van der Waals surface area contributed by atoms with Gasteiger partial charge in [0.25, 0.3) is 0 Å². The van der Waals surface area contributed by atoms with E-state index in [-0.39, 0.29) is 24.0 Å². The fourth-order valence-electron chi connectivity index (χ4n) is 1.34. The zero-order chi connectivity index (χ0) is 7.33. The van der Waals surface area contributed by atoms with E-state index in [1.165, 1.54) is 30.7 Å². The number of rotatable bonds is 4. The van der Waals surface area contributed by atoms with Gasteiger partial charge in [-0.05, 0) is 27.7 Å². The molecule has 0 saturated heterocycles. The molecule has 0 heterocycles. The summed E-state index contributed by atoms with van der Waals surface area (Å²) < 4.78 is 1.28. The summed E-state index contributed by atoms with van der Waals surface area (Å²) in [5.74, 6) is 0. The van der Waals surface area contributed by atoms with E-state index in [0.29, 0.717) is 0 Å². The minimum atomic E-state index is 0. The molecule has 1 nitrogen and oxygen atoms in total. The zero-order valence-electron chi connectivity index (χ0n) is 7.65. The van der Waals surface area contributed by atoms with Gasteiger partial charge in [0, 0.05) is 0 Å². The lowest BCUT2D eigenvalue weighted by molar-refractivity contribution is -0.921. The van der Waals surface area contributed by atoms with Crippen molar-refractivity contribution < 1.29 is 28.5 Å². The predicted molar refractivity (Wildman–Crippen MR) is 42.4 cm³/mol. The molecule has 0 spiro atoms. The van der Waals surface area contributed by atoms with Gasteiger partial charge in [0.1, 0.15) is 0 Å². The summed E-state index contributed by atoms with van der Waals surface area (Å²) in [4.78, 5) is 0. The van der Waals surface area contributed by atoms with E-state index in [0.717, 1.165) is 0 Å². The van der Waals surface area contributed by atoms with Gasteiger partial charge in [-0.1, -0.05) is 0 Å². The van der Waals surface area contributed by atoms with Crippen LogP contribution in [0.4, 0.5) is 0 Å². The van der Waals surface area contributed by atoms with Crippen molar-refractivity contribution in [3.05, 3.63) is 0 Å². The Morgan fingerprint density at radius 2 is 0.900 bits per heavy atom. The van der Waals surface area contributed by atoms with Crippen molar-refractivity contribution in [3.8, 4) is 0 Å². The molecule has 0 aliphatic heterocycles. The highest BCUT2D eigenvalue weighted by atomic mass is 127. The zero-order valence-corrected chi connectivity index (χ0v) is 9.81. The fourth-order valence-corrected chi connectivity index (χ4v) is 1.34. The smallest absolute Gasteiger partial charge is 0.0757 e. The molecule has 0 aliphatic carbocycles. The largest absolute Gasteiger partial charge is 1.00 e. The van der Waals surface area contributed by atoms with Crippen molar-refractivity contribution in [2.45, 2.75) is 27.7 Å². The second-order valence-corrected chi connectivity index (χ2v) is 2.61. The molecule has 0 aromatic heterocycles. The van der Waals surface area contributed by atoms with E-state index in [4.69, 9.17) is 0 Å². The van der Waals surface area contributed by atoms with Crippen LogP contribution in [-0.2, 0) is 0 Å². The molecule has 0 unspecified atom stereocenters. The van der Waals surface area contributed by atoms with Crippen LogP contribution in [0.3, 0.4) is 0 Å². The van der Waals surface area contributed by atoms with Crippen molar-refractivity contribution in [3.63, 3.8) is 0 Å². The molecular formula is C8H20IN. The molecule has 0 atom stereocenters. The Balaban J connectivity index is 0. The van der Waals surface area contributed by atoms with Crippen LogP contribution in [-0.4, -0.2) is 30.7 Å². The van der Waals surface area contributed by atoms with Crippen LogP contribution >= 0.6 is 0 Å². The molecule has 0 bridgehead atoms. The molecule has 0 aliphatic rings. The molecule has 0 saturated carbocycles. The molecule has 0 aromatic carbocycles. The van der Waals surface area contributed by atoms with E-state index < -0.39 is 0 Å². The van der Waals surface area contributed by atoms with Crippen LogP contribution in [0.2, 0.25) is 0 Å². The molecule has 0 amide bonds. The number of hydrogen-bond donors (Lipinski definition) is 0. The van der Waals surface area contributed by atoms with Crippen LogP contribution in [0.25, 0.3) is 0 Å². The highest BCUT2D eigenvalue weighted by Gasteiger charge is 2.16. The molecular weight excluding hydrogens is 237 g/mol. The predicted octanol–water partition coefficient (Wildman–Crippen LogP) is -1.11. The minimum Gasteiger partial charge on any atom is -1.00 e. The van der Waals surface area contributed by atoms with Gasteiger partial charge in [0.15, 0.2) is 0 Å². The van der Waals surface area contributed by atoms with Gasteiger partial charge >= 0.3 is 0 Å². The molecule has 0 N–H and O–H groups in total. The van der Waals surface area contributed by atoms with Gasteiger partial charge in [0.05, 0.1) is 26.2 Å². The van der Waals surface area contributed by atoms with E-state index in [1.807, 2.05) is 0 Å². The average Bonchev–Trinajstić information content (AvgIpc) is 1.95. The molecule has 10 heavy (non-hydrogen) atoms. The summed E-state index contributed by atoms with van der Waals surface area (Å²) in [5, 5.41) is 0. The third-order valence-electron chi connectivity index (χ3n) is 2.68. The van der Waals surface area contributed by atoms with Crippen LogP contribution in [0.15, 0.2) is 0 Å². The Morgan fingerprint density at radius 3 is 0.900 bits per heavy atom. The van der Waals surface area contributed by atoms with Crippen molar-refractivity contribution in [2.24, 2.45) is 0 Å². The van der Waals surface area contributed by atoms with Gasteiger partial charge in [0.2, 0.25) is 0 Å². The van der Waals surface area contributed by atoms with E-state index in [9.17, 15) is 0 Å². The first-order valence-electron chi connectivity index (χ1n) is 4.09. The first-order valence-corrected chi connectivity index (χ1v) is 4.09. The van der Waals surface area contributed by atoms with Crippen molar-refractivity contribution >= 4 is 0 Å². The molecule has 64 valence electrons. The van der Waals surface area contributed by atoms with Crippen LogP contribution in [0.5, 0.6) is 0 Å². The topological polar surface area (TPSA) is 0 Å². The number of halogens is 1. The summed E-state index contributed by atoms with van der Waals surface area (Å²) >= 11 is 0. The standard InChI is InChI=1S/C8H20N.HI/c1-5-9(6-2,7-3)8-4;/h5-8H2,1-4H3;1H/q+1;/p-1. The van der Waals surface area contributed by atoms with Gasteiger partial charge in [-0.15, -0.1) is 0 Å². The molecule has 2 heteroatoms. The summed E-state index contributed by atoms with van der Waals surface area (Å²) in [6.45, 7) is 14.2. The van der Waals surface area contributed by atoms with Gasteiger partial charge in [-0.25, -0.2) is 0 Å². The number of quaternary nitrogens is 1. The number of hydrogen-bond acceptors (Lipinski definition) is 0. The highest BCUT2D eigenvalue weighted by Crippen LogP contribution is 2.03.